The zero-order valence-corrected chi connectivity index (χ0v) is 19.0. The molecule has 0 saturated carbocycles. The van der Waals surface area contributed by atoms with Gasteiger partial charge in [0, 0.05) is 29.3 Å². The van der Waals surface area contributed by atoms with Gasteiger partial charge < -0.3 is 19.5 Å². The summed E-state index contributed by atoms with van der Waals surface area (Å²) in [5.41, 5.74) is 1.34. The number of methoxy groups -OCH3 is 1. The number of ether oxygens (including phenoxy) is 1. The number of hydrogen-bond acceptors (Lipinski definition) is 6. The zero-order chi connectivity index (χ0) is 28.1. The van der Waals surface area contributed by atoms with E-state index in [9.17, 15) is 22.4 Å². The van der Waals surface area contributed by atoms with Gasteiger partial charge in [0.05, 0.1) is 38.1 Å². The van der Waals surface area contributed by atoms with Gasteiger partial charge in [-0.25, -0.2) is 27.1 Å². The molecule has 1 saturated heterocycles. The lowest BCUT2D eigenvalue weighted by Crippen LogP contribution is -2.49. The molecule has 1 aliphatic heterocycles. The summed E-state index contributed by atoms with van der Waals surface area (Å²) in [5.74, 6) is -1.69. The zero-order valence-electron chi connectivity index (χ0n) is 22.0. The first kappa shape index (κ1) is 20.3. The number of nitrogens with one attached hydrogen (secondary N) is 1. The summed E-state index contributed by atoms with van der Waals surface area (Å²) >= 11 is 0. The van der Waals surface area contributed by atoms with Crippen molar-refractivity contribution >= 4 is 28.4 Å². The van der Waals surface area contributed by atoms with Crippen LogP contribution in [0.15, 0.2) is 30.7 Å². The second kappa shape index (κ2) is 9.28. The number of alkyl halides is 3. The van der Waals surface area contributed by atoms with Crippen LogP contribution in [0.5, 0.6) is 5.88 Å². The van der Waals surface area contributed by atoms with Crippen LogP contribution in [0.3, 0.4) is 0 Å². The van der Waals surface area contributed by atoms with Crippen molar-refractivity contribution in [1.82, 2.24) is 29.0 Å². The number of aromatic nitrogens is 5. The number of anilines is 1. The number of rotatable bonds is 6. The third kappa shape index (κ3) is 4.29. The molecule has 0 radical (unpaired) electrons. The highest BCUT2D eigenvalue weighted by Gasteiger charge is 2.31. The molecule has 36 heavy (non-hydrogen) atoms. The fourth-order valence-corrected chi connectivity index (χ4v) is 4.42. The van der Waals surface area contributed by atoms with Crippen LogP contribution in [0.4, 0.5) is 23.5 Å². The summed E-state index contributed by atoms with van der Waals surface area (Å²) in [6.45, 7) is -3.84. The largest absolute Gasteiger partial charge is 0.479 e. The van der Waals surface area contributed by atoms with E-state index in [-0.39, 0.29) is 35.8 Å². The third-order valence-electron chi connectivity index (χ3n) is 6.14. The highest BCUT2D eigenvalue weighted by atomic mass is 19.3. The van der Waals surface area contributed by atoms with Crippen molar-refractivity contribution in [3.63, 3.8) is 0 Å². The summed E-state index contributed by atoms with van der Waals surface area (Å²) in [4.78, 5) is 21.2. The van der Waals surface area contributed by atoms with E-state index in [4.69, 9.17) is 8.85 Å². The molecular formula is C23H23F4N7O2. The molecule has 13 heteroatoms. The molecule has 0 aliphatic carbocycles. The molecule has 2 atom stereocenters. The van der Waals surface area contributed by atoms with Gasteiger partial charge in [0.15, 0.2) is 5.82 Å². The lowest BCUT2D eigenvalue weighted by Gasteiger charge is -2.34. The molecule has 1 fully saturated rings. The summed E-state index contributed by atoms with van der Waals surface area (Å²) in [7, 11) is 1.36. The maximum Gasteiger partial charge on any atom is 0.256 e. The number of carbonyl (C=O) groups excluding carboxylic acids is 1. The Hall–Kier alpha value is -3.90. The van der Waals surface area contributed by atoms with E-state index in [2.05, 4.69) is 20.4 Å². The Balaban J connectivity index is 1.44. The fraction of sp³-hybridized carbons (Fsp3) is 0.391. The quantitative estimate of drug-likeness (QED) is 0.401. The van der Waals surface area contributed by atoms with E-state index in [0.29, 0.717) is 16.6 Å². The summed E-state index contributed by atoms with van der Waals surface area (Å²) in [6, 6.07) is 3.60. The number of nitrogens with zero attached hydrogens (tertiary/aromatic N) is 6. The number of carbonyl (C=O) groups is 1. The van der Waals surface area contributed by atoms with E-state index >= 15 is 0 Å². The molecule has 1 amide bonds. The first-order valence-corrected chi connectivity index (χ1v) is 11.0. The van der Waals surface area contributed by atoms with Crippen molar-refractivity contribution in [1.29, 1.82) is 0 Å². The lowest BCUT2D eigenvalue weighted by molar-refractivity contribution is -0.131. The monoisotopic (exact) mass is 508 g/mol. The number of hydrogen-bond donors (Lipinski definition) is 1. The molecule has 5 rings (SSSR count). The fourth-order valence-electron chi connectivity index (χ4n) is 4.42. The number of imidazole rings is 1. The number of likely N-dealkylation sites (tertiary alicyclic amines) is 1. The van der Waals surface area contributed by atoms with Crippen LogP contribution in [-0.4, -0.2) is 73.8 Å². The topological polar surface area (TPSA) is 89.6 Å². The van der Waals surface area contributed by atoms with Crippen LogP contribution >= 0.6 is 0 Å². The molecule has 190 valence electrons. The van der Waals surface area contributed by atoms with Crippen LogP contribution in [0, 0.1) is 5.82 Å². The first-order chi connectivity index (χ1) is 18.5. The van der Waals surface area contributed by atoms with Crippen LogP contribution in [0.2, 0.25) is 0 Å². The van der Waals surface area contributed by atoms with E-state index in [0.717, 1.165) is 11.2 Å². The normalized spacial score (nSPS) is 19.9. The first-order valence-electron chi connectivity index (χ1n) is 12.5. The molecule has 0 spiro atoms. The standard InChI is InChI=1S/C23H23F4N7O2/c1-12(35)32-5-4-17(16(25)9-32)29-23-30-22(36-2)21-14(3-6-34(21)31-23)13-7-15(24)20-18(8-13)33(11-28-20)10-19(26)27/h3,6-8,11,16-17,19H,4-5,9-10H2,1-2H3,(H,29,31)/t16-,17+/m1/s1/i1D3. The Morgan fingerprint density at radius 2 is 2.22 bits per heavy atom. The van der Waals surface area contributed by atoms with Crippen molar-refractivity contribution in [2.45, 2.75) is 38.5 Å². The van der Waals surface area contributed by atoms with Gasteiger partial charge in [0.25, 0.3) is 6.43 Å². The second-order valence-electron chi connectivity index (χ2n) is 8.39. The van der Waals surface area contributed by atoms with Crippen molar-refractivity contribution in [3.05, 3.63) is 36.5 Å². The van der Waals surface area contributed by atoms with E-state index in [1.165, 1.54) is 28.3 Å². The van der Waals surface area contributed by atoms with Crippen molar-refractivity contribution in [2.24, 2.45) is 0 Å². The van der Waals surface area contributed by atoms with Crippen LogP contribution in [0.1, 0.15) is 17.4 Å². The predicted molar refractivity (Wildman–Crippen MR) is 123 cm³/mol. The smallest absolute Gasteiger partial charge is 0.256 e. The van der Waals surface area contributed by atoms with Gasteiger partial charge in [-0.3, -0.25) is 4.79 Å². The highest BCUT2D eigenvalue weighted by molar-refractivity contribution is 5.90. The molecule has 3 aromatic heterocycles. The predicted octanol–water partition coefficient (Wildman–Crippen LogP) is 3.53. The minimum atomic E-state index is -2.84. The van der Waals surface area contributed by atoms with Gasteiger partial charge in [-0.1, -0.05) is 0 Å². The Kier molecular flexibility index (Phi) is 5.24. The van der Waals surface area contributed by atoms with E-state index in [1.807, 2.05) is 0 Å². The summed E-state index contributed by atoms with van der Waals surface area (Å²) in [6.07, 6.45) is -1.39. The molecule has 9 nitrogen and oxygen atoms in total. The van der Waals surface area contributed by atoms with Crippen molar-refractivity contribution in [3.8, 4) is 17.0 Å². The number of benzene rings is 1. The minimum Gasteiger partial charge on any atom is -0.479 e. The Morgan fingerprint density at radius 3 is 2.94 bits per heavy atom. The summed E-state index contributed by atoms with van der Waals surface area (Å²) in [5, 5.41) is 7.23. The molecule has 0 unspecified atom stereocenters. The van der Waals surface area contributed by atoms with Gasteiger partial charge in [-0.05, 0) is 30.2 Å². The molecule has 4 heterocycles. The van der Waals surface area contributed by atoms with Crippen molar-refractivity contribution < 1.29 is 31.2 Å². The average Bonchev–Trinajstić information content (AvgIpc) is 3.48. The third-order valence-corrected chi connectivity index (χ3v) is 6.14. The summed E-state index contributed by atoms with van der Waals surface area (Å²) < 4.78 is 85.5. The van der Waals surface area contributed by atoms with Crippen molar-refractivity contribution in [2.75, 3.05) is 25.5 Å². The van der Waals surface area contributed by atoms with Gasteiger partial charge in [0.2, 0.25) is 17.7 Å². The number of halogens is 4. The maximum absolute atomic E-state index is 14.9. The minimum absolute atomic E-state index is 0.0152. The van der Waals surface area contributed by atoms with Gasteiger partial charge in [0.1, 0.15) is 17.2 Å². The van der Waals surface area contributed by atoms with Gasteiger partial charge >= 0.3 is 0 Å². The molecule has 1 aromatic carbocycles. The Labute approximate surface area is 206 Å². The number of piperidine rings is 1. The maximum atomic E-state index is 14.9. The second-order valence-corrected chi connectivity index (χ2v) is 8.39. The Morgan fingerprint density at radius 1 is 1.39 bits per heavy atom. The Bertz CT molecular complexity index is 1540. The molecule has 4 aromatic rings. The van der Waals surface area contributed by atoms with Crippen LogP contribution < -0.4 is 10.1 Å². The lowest BCUT2D eigenvalue weighted by atomic mass is 10.0. The molecule has 1 N–H and O–H groups in total. The van der Waals surface area contributed by atoms with Gasteiger partial charge in [-0.15, -0.1) is 5.10 Å². The SMILES string of the molecule is [2H]C([2H])([2H])C(=O)N1CC[C@H](Nc2nc(OC)c3c(-c4cc(F)c5ncn(CC(F)F)c5c4)ccn3n2)[C@H](F)C1. The van der Waals surface area contributed by atoms with E-state index in [1.54, 1.807) is 12.3 Å². The van der Waals surface area contributed by atoms with Gasteiger partial charge in [-0.2, -0.15) is 4.98 Å². The molecular weight excluding hydrogens is 482 g/mol. The number of amides is 1. The molecule has 1 aliphatic rings. The molecule has 0 bridgehead atoms. The average molecular weight is 508 g/mol. The van der Waals surface area contributed by atoms with Crippen LogP contribution in [0.25, 0.3) is 27.7 Å². The van der Waals surface area contributed by atoms with E-state index < -0.39 is 50.3 Å². The number of fused-ring (bicyclic) bond motifs is 2. The van der Waals surface area contributed by atoms with Crippen LogP contribution in [-0.2, 0) is 11.3 Å². The highest BCUT2D eigenvalue weighted by Crippen LogP contribution is 2.34.